The van der Waals surface area contributed by atoms with E-state index in [-0.39, 0.29) is 0 Å². The van der Waals surface area contributed by atoms with Gasteiger partial charge in [0.2, 0.25) is 0 Å². The highest BCUT2D eigenvalue weighted by molar-refractivity contribution is 6.02. The van der Waals surface area contributed by atoms with E-state index in [9.17, 15) is 0 Å². The second-order valence-corrected chi connectivity index (χ2v) is 4.43. The minimum atomic E-state index is 0.575. The fourth-order valence-corrected chi connectivity index (χ4v) is 2.10. The van der Waals surface area contributed by atoms with Gasteiger partial charge in [-0.1, -0.05) is 42.5 Å². The van der Waals surface area contributed by atoms with Crippen molar-refractivity contribution in [3.05, 3.63) is 65.7 Å². The highest BCUT2D eigenvalue weighted by Gasteiger charge is 2.12. The molecule has 2 aromatic carbocycles. The van der Waals surface area contributed by atoms with Crippen LogP contribution in [-0.2, 0) is 6.61 Å². The van der Waals surface area contributed by atoms with Crippen LogP contribution in [0.15, 0.2) is 59.6 Å². The van der Waals surface area contributed by atoms with Gasteiger partial charge in [0.25, 0.3) is 0 Å². The zero-order chi connectivity index (χ0) is 12.9. The van der Waals surface area contributed by atoms with Crippen molar-refractivity contribution in [2.75, 3.05) is 13.1 Å². The number of hydrogen-bond donors (Lipinski definition) is 1. The standard InChI is InChI=1S/C16H16N2O/c1-2-6-13(7-3-1)12-19-15-9-5-4-8-14(15)16-17-10-11-18-16/h1-9H,10-12H2,(H,17,18). The molecule has 0 saturated heterocycles. The Labute approximate surface area is 113 Å². The summed E-state index contributed by atoms with van der Waals surface area (Å²) in [5, 5.41) is 3.28. The Morgan fingerprint density at radius 3 is 2.58 bits per heavy atom. The molecule has 1 heterocycles. The third-order valence-electron chi connectivity index (χ3n) is 3.05. The summed E-state index contributed by atoms with van der Waals surface area (Å²) in [5.41, 5.74) is 2.20. The lowest BCUT2D eigenvalue weighted by atomic mass is 10.2. The number of amidine groups is 1. The van der Waals surface area contributed by atoms with Gasteiger partial charge in [-0.3, -0.25) is 4.99 Å². The van der Waals surface area contributed by atoms with Crippen LogP contribution in [0.4, 0.5) is 0 Å². The van der Waals surface area contributed by atoms with Crippen LogP contribution in [0, 0.1) is 0 Å². The SMILES string of the molecule is c1ccc(COc2ccccc2C2=NCCN2)cc1. The molecule has 0 unspecified atom stereocenters. The molecule has 0 spiro atoms. The van der Waals surface area contributed by atoms with Crippen LogP contribution in [0.25, 0.3) is 0 Å². The summed E-state index contributed by atoms with van der Waals surface area (Å²) in [5.74, 6) is 1.81. The molecule has 1 aliphatic heterocycles. The molecular formula is C16H16N2O. The summed E-state index contributed by atoms with van der Waals surface area (Å²) in [7, 11) is 0. The van der Waals surface area contributed by atoms with E-state index in [1.165, 1.54) is 5.56 Å². The number of para-hydroxylation sites is 1. The van der Waals surface area contributed by atoms with E-state index in [1.54, 1.807) is 0 Å². The van der Waals surface area contributed by atoms with Gasteiger partial charge >= 0.3 is 0 Å². The Hall–Kier alpha value is -2.29. The largest absolute Gasteiger partial charge is 0.488 e. The number of hydrogen-bond acceptors (Lipinski definition) is 3. The number of ether oxygens (including phenoxy) is 1. The van der Waals surface area contributed by atoms with Gasteiger partial charge in [0.15, 0.2) is 0 Å². The summed E-state index contributed by atoms with van der Waals surface area (Å²) >= 11 is 0. The van der Waals surface area contributed by atoms with Crippen LogP contribution < -0.4 is 10.1 Å². The Morgan fingerprint density at radius 2 is 1.79 bits per heavy atom. The van der Waals surface area contributed by atoms with Crippen LogP contribution in [0.1, 0.15) is 11.1 Å². The van der Waals surface area contributed by atoms with Crippen molar-refractivity contribution in [3.63, 3.8) is 0 Å². The molecule has 19 heavy (non-hydrogen) atoms. The highest BCUT2D eigenvalue weighted by Crippen LogP contribution is 2.20. The van der Waals surface area contributed by atoms with Gasteiger partial charge in [-0.05, 0) is 17.7 Å². The molecular weight excluding hydrogens is 236 g/mol. The van der Waals surface area contributed by atoms with Crippen molar-refractivity contribution in [2.24, 2.45) is 4.99 Å². The number of benzene rings is 2. The first-order chi connectivity index (χ1) is 9.43. The number of nitrogens with one attached hydrogen (secondary N) is 1. The van der Waals surface area contributed by atoms with Crippen LogP contribution in [0.3, 0.4) is 0 Å². The summed E-state index contributed by atoms with van der Waals surface area (Å²) < 4.78 is 5.91. The van der Waals surface area contributed by atoms with E-state index < -0.39 is 0 Å². The van der Waals surface area contributed by atoms with Gasteiger partial charge < -0.3 is 10.1 Å². The molecule has 0 amide bonds. The smallest absolute Gasteiger partial charge is 0.132 e. The maximum Gasteiger partial charge on any atom is 0.132 e. The molecule has 0 aliphatic carbocycles. The maximum absolute atomic E-state index is 5.91. The van der Waals surface area contributed by atoms with E-state index in [4.69, 9.17) is 4.74 Å². The van der Waals surface area contributed by atoms with Gasteiger partial charge in [0, 0.05) is 6.54 Å². The lowest BCUT2D eigenvalue weighted by molar-refractivity contribution is 0.305. The monoisotopic (exact) mass is 252 g/mol. The van der Waals surface area contributed by atoms with Gasteiger partial charge in [-0.2, -0.15) is 0 Å². The molecule has 3 nitrogen and oxygen atoms in total. The molecule has 0 atom stereocenters. The summed E-state index contributed by atoms with van der Waals surface area (Å²) in [6.07, 6.45) is 0. The molecule has 0 saturated carbocycles. The zero-order valence-corrected chi connectivity index (χ0v) is 10.7. The maximum atomic E-state index is 5.91. The lowest BCUT2D eigenvalue weighted by Crippen LogP contribution is -2.20. The number of aliphatic imine (C=N–C) groups is 1. The van der Waals surface area contributed by atoms with Crippen LogP contribution in [0.2, 0.25) is 0 Å². The van der Waals surface area contributed by atoms with Gasteiger partial charge in [-0.15, -0.1) is 0 Å². The minimum Gasteiger partial charge on any atom is -0.488 e. The molecule has 3 rings (SSSR count). The van der Waals surface area contributed by atoms with Crippen LogP contribution in [-0.4, -0.2) is 18.9 Å². The predicted molar refractivity (Wildman–Crippen MR) is 76.6 cm³/mol. The molecule has 0 bridgehead atoms. The average molecular weight is 252 g/mol. The summed E-state index contributed by atoms with van der Waals surface area (Å²) in [6, 6.07) is 18.2. The molecule has 0 aromatic heterocycles. The van der Waals surface area contributed by atoms with Crippen molar-refractivity contribution in [3.8, 4) is 5.75 Å². The normalized spacial score (nSPS) is 13.8. The van der Waals surface area contributed by atoms with Crippen LogP contribution >= 0.6 is 0 Å². The topological polar surface area (TPSA) is 33.6 Å². The average Bonchev–Trinajstić information content (AvgIpc) is 3.01. The van der Waals surface area contributed by atoms with Gasteiger partial charge in [-0.25, -0.2) is 0 Å². The quantitative estimate of drug-likeness (QED) is 0.907. The first-order valence-electron chi connectivity index (χ1n) is 6.48. The summed E-state index contributed by atoms with van der Waals surface area (Å²) in [6.45, 7) is 2.32. The van der Waals surface area contributed by atoms with E-state index in [0.717, 1.165) is 30.2 Å². The Balaban J connectivity index is 1.77. The van der Waals surface area contributed by atoms with Crippen molar-refractivity contribution >= 4 is 5.84 Å². The van der Waals surface area contributed by atoms with E-state index in [2.05, 4.69) is 22.4 Å². The predicted octanol–water partition coefficient (Wildman–Crippen LogP) is 2.62. The molecule has 1 N–H and O–H groups in total. The highest BCUT2D eigenvalue weighted by atomic mass is 16.5. The van der Waals surface area contributed by atoms with Crippen LogP contribution in [0.5, 0.6) is 5.75 Å². The fraction of sp³-hybridized carbons (Fsp3) is 0.188. The van der Waals surface area contributed by atoms with Crippen molar-refractivity contribution in [1.82, 2.24) is 5.32 Å². The molecule has 96 valence electrons. The fourth-order valence-electron chi connectivity index (χ4n) is 2.10. The molecule has 0 radical (unpaired) electrons. The Bertz CT molecular complexity index is 578. The van der Waals surface area contributed by atoms with Gasteiger partial charge in [0.05, 0.1) is 12.1 Å². The third-order valence-corrected chi connectivity index (χ3v) is 3.05. The number of nitrogens with zero attached hydrogens (tertiary/aromatic N) is 1. The lowest BCUT2D eigenvalue weighted by Gasteiger charge is -2.11. The van der Waals surface area contributed by atoms with E-state index in [0.29, 0.717) is 6.61 Å². The Morgan fingerprint density at radius 1 is 1.00 bits per heavy atom. The van der Waals surface area contributed by atoms with E-state index >= 15 is 0 Å². The minimum absolute atomic E-state index is 0.575. The first-order valence-corrected chi connectivity index (χ1v) is 6.48. The van der Waals surface area contributed by atoms with Crippen molar-refractivity contribution in [2.45, 2.75) is 6.61 Å². The first kappa shape index (κ1) is 11.8. The van der Waals surface area contributed by atoms with E-state index in [1.807, 2.05) is 42.5 Å². The molecule has 3 heteroatoms. The third kappa shape index (κ3) is 2.76. The van der Waals surface area contributed by atoms with Crippen molar-refractivity contribution in [1.29, 1.82) is 0 Å². The second-order valence-electron chi connectivity index (χ2n) is 4.43. The molecule has 2 aromatic rings. The second kappa shape index (κ2) is 5.57. The molecule has 0 fully saturated rings. The Kier molecular flexibility index (Phi) is 3.45. The number of rotatable bonds is 4. The molecule has 1 aliphatic rings. The van der Waals surface area contributed by atoms with Gasteiger partial charge in [0.1, 0.15) is 18.2 Å². The summed E-state index contributed by atoms with van der Waals surface area (Å²) in [4.78, 5) is 4.45. The van der Waals surface area contributed by atoms with Crippen molar-refractivity contribution < 1.29 is 4.74 Å². The zero-order valence-electron chi connectivity index (χ0n) is 10.7.